The minimum Gasteiger partial charge on any atom is -0.336 e. The van der Waals surface area contributed by atoms with Crippen molar-refractivity contribution in [1.29, 1.82) is 0 Å². The van der Waals surface area contributed by atoms with Gasteiger partial charge in [0.15, 0.2) is 0 Å². The van der Waals surface area contributed by atoms with Crippen LogP contribution in [-0.2, 0) is 4.79 Å². The monoisotopic (exact) mass is 241 g/mol. The highest BCUT2D eigenvalue weighted by atomic mass is 16.2. The van der Waals surface area contributed by atoms with Crippen molar-refractivity contribution in [2.24, 2.45) is 0 Å². The zero-order valence-corrected chi connectivity index (χ0v) is 11.0. The number of hydrogen-bond acceptors (Lipinski definition) is 3. The second-order valence-electron chi connectivity index (χ2n) is 4.99. The van der Waals surface area contributed by atoms with E-state index in [0.717, 1.165) is 19.4 Å². The van der Waals surface area contributed by atoms with Gasteiger partial charge in [-0.2, -0.15) is 0 Å². The Balaban J connectivity index is 2.30. The number of urea groups is 1. The summed E-state index contributed by atoms with van der Waals surface area (Å²) in [6, 6.07) is 0.0639. The van der Waals surface area contributed by atoms with Crippen LogP contribution in [0.3, 0.4) is 0 Å². The van der Waals surface area contributed by atoms with Crippen LogP contribution in [0.25, 0.3) is 0 Å². The SMILES string of the molecule is CC(C)NC(=O)NC(=O)CN1CCCC[C@@H]1C. The van der Waals surface area contributed by atoms with Crippen molar-refractivity contribution in [3.05, 3.63) is 0 Å². The molecule has 1 rings (SSSR count). The van der Waals surface area contributed by atoms with E-state index >= 15 is 0 Å². The van der Waals surface area contributed by atoms with Crippen molar-refractivity contribution in [3.8, 4) is 0 Å². The molecular weight excluding hydrogens is 218 g/mol. The lowest BCUT2D eigenvalue weighted by Gasteiger charge is -2.32. The molecule has 1 heterocycles. The molecule has 0 aromatic heterocycles. The summed E-state index contributed by atoms with van der Waals surface area (Å²) in [5.41, 5.74) is 0. The molecule has 0 aromatic carbocycles. The van der Waals surface area contributed by atoms with Crippen molar-refractivity contribution in [3.63, 3.8) is 0 Å². The molecule has 1 saturated heterocycles. The highest BCUT2D eigenvalue weighted by molar-refractivity contribution is 5.95. The Morgan fingerprint density at radius 1 is 1.35 bits per heavy atom. The van der Waals surface area contributed by atoms with E-state index in [1.165, 1.54) is 6.42 Å². The minimum absolute atomic E-state index is 0.0386. The molecule has 0 aliphatic carbocycles. The van der Waals surface area contributed by atoms with Gasteiger partial charge in [0.2, 0.25) is 5.91 Å². The third kappa shape index (κ3) is 5.17. The number of carbonyl (C=O) groups is 2. The molecule has 1 fully saturated rings. The molecule has 0 unspecified atom stereocenters. The molecule has 0 bridgehead atoms. The van der Waals surface area contributed by atoms with Gasteiger partial charge in [0.1, 0.15) is 0 Å². The molecule has 0 spiro atoms. The van der Waals surface area contributed by atoms with Gasteiger partial charge in [0.25, 0.3) is 0 Å². The average Bonchev–Trinajstić information content (AvgIpc) is 2.19. The maximum absolute atomic E-state index is 11.6. The van der Waals surface area contributed by atoms with Crippen LogP contribution in [0.15, 0.2) is 0 Å². The summed E-state index contributed by atoms with van der Waals surface area (Å²) in [4.78, 5) is 25.1. The Labute approximate surface area is 103 Å². The quantitative estimate of drug-likeness (QED) is 0.777. The number of hydrogen-bond donors (Lipinski definition) is 2. The summed E-state index contributed by atoms with van der Waals surface area (Å²) < 4.78 is 0. The molecular formula is C12H23N3O2. The maximum Gasteiger partial charge on any atom is 0.321 e. The number of nitrogens with zero attached hydrogens (tertiary/aromatic N) is 1. The Bertz CT molecular complexity index is 279. The van der Waals surface area contributed by atoms with Crippen molar-refractivity contribution >= 4 is 11.9 Å². The molecule has 17 heavy (non-hydrogen) atoms. The van der Waals surface area contributed by atoms with Crippen LogP contribution in [0.2, 0.25) is 0 Å². The topological polar surface area (TPSA) is 61.4 Å². The third-order valence-corrected chi connectivity index (χ3v) is 2.96. The number of carbonyl (C=O) groups excluding carboxylic acids is 2. The molecule has 1 aliphatic heterocycles. The van der Waals surface area contributed by atoms with E-state index < -0.39 is 6.03 Å². The second kappa shape index (κ2) is 6.59. The lowest BCUT2D eigenvalue weighted by Crippen LogP contribution is -2.48. The lowest BCUT2D eigenvalue weighted by atomic mass is 10.0. The molecule has 0 saturated carbocycles. The Morgan fingerprint density at radius 3 is 2.65 bits per heavy atom. The molecule has 2 N–H and O–H groups in total. The molecule has 5 heteroatoms. The van der Waals surface area contributed by atoms with Crippen molar-refractivity contribution in [1.82, 2.24) is 15.5 Å². The first-order chi connectivity index (χ1) is 7.99. The predicted octanol–water partition coefficient (Wildman–Crippen LogP) is 1.09. The van der Waals surface area contributed by atoms with Gasteiger partial charge in [-0.15, -0.1) is 0 Å². The van der Waals surface area contributed by atoms with E-state index in [-0.39, 0.29) is 11.9 Å². The fraction of sp³-hybridized carbons (Fsp3) is 0.833. The van der Waals surface area contributed by atoms with E-state index in [1.54, 1.807) is 0 Å². The fourth-order valence-electron chi connectivity index (χ4n) is 2.04. The summed E-state index contributed by atoms with van der Waals surface area (Å²) in [7, 11) is 0. The Morgan fingerprint density at radius 2 is 2.06 bits per heavy atom. The smallest absolute Gasteiger partial charge is 0.321 e. The summed E-state index contributed by atoms with van der Waals surface area (Å²) in [6.07, 6.45) is 3.49. The van der Waals surface area contributed by atoms with Gasteiger partial charge in [-0.25, -0.2) is 4.79 Å². The summed E-state index contributed by atoms with van der Waals surface area (Å²) in [5.74, 6) is -0.225. The van der Waals surface area contributed by atoms with Gasteiger partial charge in [0.05, 0.1) is 6.54 Å². The van der Waals surface area contributed by atoms with Crippen molar-refractivity contribution in [2.45, 2.75) is 52.1 Å². The average molecular weight is 241 g/mol. The van der Waals surface area contributed by atoms with Crippen LogP contribution in [0, 0.1) is 0 Å². The van der Waals surface area contributed by atoms with E-state index in [1.807, 2.05) is 13.8 Å². The standard InChI is InChI=1S/C12H23N3O2/c1-9(2)13-12(17)14-11(16)8-15-7-5-4-6-10(15)3/h9-10H,4-8H2,1-3H3,(H2,13,14,16,17)/t10-/m0/s1. The first-order valence-corrected chi connectivity index (χ1v) is 6.33. The number of nitrogens with one attached hydrogen (secondary N) is 2. The van der Waals surface area contributed by atoms with Crippen LogP contribution in [0.4, 0.5) is 4.79 Å². The van der Waals surface area contributed by atoms with Crippen molar-refractivity contribution in [2.75, 3.05) is 13.1 Å². The number of imide groups is 1. The zero-order valence-electron chi connectivity index (χ0n) is 11.0. The van der Waals surface area contributed by atoms with Gasteiger partial charge >= 0.3 is 6.03 Å². The molecule has 1 atom stereocenters. The molecule has 0 radical (unpaired) electrons. The summed E-state index contributed by atoms with van der Waals surface area (Å²) >= 11 is 0. The van der Waals surface area contributed by atoms with Crippen molar-refractivity contribution < 1.29 is 9.59 Å². The Hall–Kier alpha value is -1.10. The fourth-order valence-corrected chi connectivity index (χ4v) is 2.04. The van der Waals surface area contributed by atoms with Crippen LogP contribution in [-0.4, -0.2) is 42.0 Å². The highest BCUT2D eigenvalue weighted by Gasteiger charge is 2.21. The number of rotatable bonds is 3. The van der Waals surface area contributed by atoms with Gasteiger partial charge in [-0.1, -0.05) is 6.42 Å². The lowest BCUT2D eigenvalue weighted by molar-refractivity contribution is -0.122. The Kier molecular flexibility index (Phi) is 5.41. The predicted molar refractivity (Wildman–Crippen MR) is 66.7 cm³/mol. The van der Waals surface area contributed by atoms with E-state index in [0.29, 0.717) is 12.6 Å². The number of likely N-dealkylation sites (tertiary alicyclic amines) is 1. The maximum atomic E-state index is 11.6. The molecule has 98 valence electrons. The van der Waals surface area contributed by atoms with Crippen LogP contribution in [0.5, 0.6) is 0 Å². The van der Waals surface area contributed by atoms with Gasteiger partial charge in [0, 0.05) is 12.1 Å². The zero-order chi connectivity index (χ0) is 12.8. The summed E-state index contributed by atoms with van der Waals surface area (Å²) in [5, 5.41) is 4.98. The third-order valence-electron chi connectivity index (χ3n) is 2.96. The van der Waals surface area contributed by atoms with Crippen LogP contribution < -0.4 is 10.6 Å². The van der Waals surface area contributed by atoms with Gasteiger partial charge in [-0.05, 0) is 40.2 Å². The second-order valence-corrected chi connectivity index (χ2v) is 4.99. The molecule has 0 aromatic rings. The number of amides is 3. The molecule has 3 amide bonds. The molecule has 5 nitrogen and oxygen atoms in total. The minimum atomic E-state index is -0.408. The van der Waals surface area contributed by atoms with Crippen LogP contribution in [0.1, 0.15) is 40.0 Å². The molecule has 1 aliphatic rings. The normalized spacial score (nSPS) is 21.3. The van der Waals surface area contributed by atoms with Crippen LogP contribution >= 0.6 is 0 Å². The number of piperidine rings is 1. The summed E-state index contributed by atoms with van der Waals surface area (Å²) in [6.45, 7) is 7.10. The van der Waals surface area contributed by atoms with E-state index in [9.17, 15) is 9.59 Å². The largest absolute Gasteiger partial charge is 0.336 e. The first kappa shape index (κ1) is 14.0. The van der Waals surface area contributed by atoms with Gasteiger partial charge < -0.3 is 5.32 Å². The highest BCUT2D eigenvalue weighted by Crippen LogP contribution is 2.15. The first-order valence-electron chi connectivity index (χ1n) is 6.33. The van der Waals surface area contributed by atoms with E-state index in [4.69, 9.17) is 0 Å². The van der Waals surface area contributed by atoms with E-state index in [2.05, 4.69) is 22.5 Å². The van der Waals surface area contributed by atoms with Gasteiger partial charge in [-0.3, -0.25) is 15.0 Å².